The molecule has 0 aromatic carbocycles. The Labute approximate surface area is 121 Å². The van der Waals surface area contributed by atoms with Crippen LogP contribution in [-0.2, 0) is 6.42 Å². The summed E-state index contributed by atoms with van der Waals surface area (Å²) in [7, 11) is 0. The minimum Gasteiger partial charge on any atom is -0.308 e. The predicted molar refractivity (Wildman–Crippen MR) is 81.3 cm³/mol. The summed E-state index contributed by atoms with van der Waals surface area (Å²) in [6, 6.07) is 1.99. The number of aromatic nitrogens is 2. The Kier molecular flexibility index (Phi) is 4.20. The van der Waals surface area contributed by atoms with Gasteiger partial charge in [0, 0.05) is 17.7 Å². The van der Waals surface area contributed by atoms with Gasteiger partial charge in [-0.3, -0.25) is 0 Å². The van der Waals surface area contributed by atoms with Gasteiger partial charge in [-0.05, 0) is 43.9 Å². The van der Waals surface area contributed by atoms with Gasteiger partial charge in [0.1, 0.15) is 11.6 Å². The van der Waals surface area contributed by atoms with Crippen molar-refractivity contribution < 1.29 is 0 Å². The van der Waals surface area contributed by atoms with Crippen LogP contribution in [0.2, 0.25) is 0 Å². The van der Waals surface area contributed by atoms with Crippen molar-refractivity contribution >= 4 is 5.82 Å². The van der Waals surface area contributed by atoms with Crippen molar-refractivity contribution in [3.63, 3.8) is 0 Å². The van der Waals surface area contributed by atoms with Crippen LogP contribution >= 0.6 is 0 Å². The zero-order chi connectivity index (χ0) is 13.9. The molecule has 2 aliphatic carbocycles. The monoisotopic (exact) mass is 274 g/mol. The highest BCUT2D eigenvalue weighted by molar-refractivity contribution is 5.35. The molecule has 0 spiro atoms. The van der Waals surface area contributed by atoms with Crippen molar-refractivity contribution in [3.8, 4) is 0 Å². The molecule has 0 atom stereocenters. The van der Waals surface area contributed by atoms with Crippen LogP contribution in [0.25, 0.3) is 0 Å². The molecule has 1 aromatic heterocycles. The van der Waals surface area contributed by atoms with Gasteiger partial charge >= 0.3 is 0 Å². The van der Waals surface area contributed by atoms with Crippen molar-refractivity contribution in [3.05, 3.63) is 17.6 Å². The third kappa shape index (κ3) is 2.66. The van der Waals surface area contributed by atoms with Crippen LogP contribution in [0.15, 0.2) is 6.07 Å². The molecule has 110 valence electrons. The normalized spacial score (nSPS) is 19.8. The Bertz CT molecular complexity index is 438. The molecule has 0 saturated heterocycles. The molecule has 0 aliphatic heterocycles. The van der Waals surface area contributed by atoms with Crippen LogP contribution < -0.4 is 11.3 Å². The van der Waals surface area contributed by atoms with Crippen molar-refractivity contribution in [2.24, 2.45) is 17.7 Å². The second kappa shape index (κ2) is 6.08. The second-order valence-corrected chi connectivity index (χ2v) is 6.40. The molecule has 0 unspecified atom stereocenters. The number of aryl methyl sites for hydroxylation is 1. The average molecular weight is 274 g/mol. The maximum atomic E-state index is 5.59. The quantitative estimate of drug-likeness (QED) is 0.616. The largest absolute Gasteiger partial charge is 0.308 e. The van der Waals surface area contributed by atoms with Gasteiger partial charge in [0.25, 0.3) is 0 Å². The topological polar surface area (TPSA) is 63.8 Å². The molecule has 3 rings (SSSR count). The lowest BCUT2D eigenvalue weighted by Gasteiger charge is -2.41. The van der Waals surface area contributed by atoms with E-state index in [0.29, 0.717) is 5.92 Å². The number of anilines is 1. The van der Waals surface area contributed by atoms with Gasteiger partial charge in [-0.15, -0.1) is 0 Å². The molecular weight excluding hydrogens is 248 g/mol. The summed E-state index contributed by atoms with van der Waals surface area (Å²) in [5.74, 6) is 9.61. The van der Waals surface area contributed by atoms with E-state index in [1.807, 2.05) is 6.07 Å². The van der Waals surface area contributed by atoms with Gasteiger partial charge in [0.2, 0.25) is 0 Å². The third-order valence-electron chi connectivity index (χ3n) is 5.06. The standard InChI is InChI=1S/C16H26N4/c1-2-5-13-10-14(20-17)19-16(18-13)15(11-6-3-7-11)12-8-4-9-12/h10-12,15H,2-9,17H2,1H3,(H,18,19,20). The van der Waals surface area contributed by atoms with Crippen molar-refractivity contribution in [1.82, 2.24) is 9.97 Å². The second-order valence-electron chi connectivity index (χ2n) is 6.40. The molecular formula is C16H26N4. The summed E-state index contributed by atoms with van der Waals surface area (Å²) in [5, 5.41) is 0. The number of hydrogen-bond acceptors (Lipinski definition) is 4. The van der Waals surface area contributed by atoms with E-state index in [0.717, 1.165) is 42.0 Å². The Balaban J connectivity index is 1.89. The van der Waals surface area contributed by atoms with E-state index < -0.39 is 0 Å². The van der Waals surface area contributed by atoms with Crippen LogP contribution in [0, 0.1) is 11.8 Å². The summed E-state index contributed by atoms with van der Waals surface area (Å²) in [5.41, 5.74) is 3.85. The number of nitrogens with two attached hydrogens (primary N) is 1. The van der Waals surface area contributed by atoms with E-state index in [9.17, 15) is 0 Å². The number of nitrogens with one attached hydrogen (secondary N) is 1. The molecule has 4 heteroatoms. The van der Waals surface area contributed by atoms with Crippen molar-refractivity contribution in [2.75, 3.05) is 5.43 Å². The Hall–Kier alpha value is -1.16. The summed E-state index contributed by atoms with van der Waals surface area (Å²) < 4.78 is 0. The molecule has 1 heterocycles. The fraction of sp³-hybridized carbons (Fsp3) is 0.750. The fourth-order valence-corrected chi connectivity index (χ4v) is 3.53. The fourth-order valence-electron chi connectivity index (χ4n) is 3.53. The Morgan fingerprint density at radius 2 is 1.85 bits per heavy atom. The first-order valence-corrected chi connectivity index (χ1v) is 8.16. The van der Waals surface area contributed by atoms with Gasteiger partial charge < -0.3 is 5.43 Å². The van der Waals surface area contributed by atoms with Crippen molar-refractivity contribution in [1.29, 1.82) is 0 Å². The Morgan fingerprint density at radius 3 is 2.30 bits per heavy atom. The highest BCUT2D eigenvalue weighted by Crippen LogP contribution is 2.49. The SMILES string of the molecule is CCCc1cc(NN)nc(C(C2CCC2)C2CCC2)n1. The molecule has 4 nitrogen and oxygen atoms in total. The number of hydrogen-bond donors (Lipinski definition) is 2. The van der Waals surface area contributed by atoms with Gasteiger partial charge in [-0.25, -0.2) is 15.8 Å². The molecule has 0 amide bonds. The molecule has 2 aliphatic rings. The van der Waals surface area contributed by atoms with Crippen LogP contribution in [0.4, 0.5) is 5.82 Å². The molecule has 0 bridgehead atoms. The highest BCUT2D eigenvalue weighted by atomic mass is 15.3. The minimum atomic E-state index is 0.571. The molecule has 0 radical (unpaired) electrons. The lowest BCUT2D eigenvalue weighted by Crippen LogP contribution is -2.32. The smallest absolute Gasteiger partial charge is 0.143 e. The highest BCUT2D eigenvalue weighted by Gasteiger charge is 2.39. The van der Waals surface area contributed by atoms with Crippen LogP contribution in [-0.4, -0.2) is 9.97 Å². The number of nitrogens with zero attached hydrogens (tertiary/aromatic N) is 2. The zero-order valence-electron chi connectivity index (χ0n) is 12.4. The summed E-state index contributed by atoms with van der Waals surface area (Å²) in [6.45, 7) is 2.19. The van der Waals surface area contributed by atoms with Gasteiger partial charge in [-0.2, -0.15) is 0 Å². The first kappa shape index (κ1) is 13.8. The van der Waals surface area contributed by atoms with Crippen molar-refractivity contribution in [2.45, 2.75) is 64.2 Å². The van der Waals surface area contributed by atoms with Gasteiger partial charge in [0.15, 0.2) is 0 Å². The van der Waals surface area contributed by atoms with Gasteiger partial charge in [-0.1, -0.05) is 26.2 Å². The van der Waals surface area contributed by atoms with E-state index in [-0.39, 0.29) is 0 Å². The number of hydrazine groups is 1. The first-order valence-electron chi connectivity index (χ1n) is 8.16. The Morgan fingerprint density at radius 1 is 1.20 bits per heavy atom. The maximum Gasteiger partial charge on any atom is 0.143 e. The minimum absolute atomic E-state index is 0.571. The zero-order valence-corrected chi connectivity index (χ0v) is 12.4. The average Bonchev–Trinajstić information content (AvgIpc) is 2.33. The molecule has 2 saturated carbocycles. The van der Waals surface area contributed by atoms with E-state index >= 15 is 0 Å². The van der Waals surface area contributed by atoms with E-state index in [1.165, 1.54) is 38.5 Å². The molecule has 2 fully saturated rings. The van der Waals surface area contributed by atoms with Crippen LogP contribution in [0.3, 0.4) is 0 Å². The van der Waals surface area contributed by atoms with E-state index in [2.05, 4.69) is 12.3 Å². The first-order chi connectivity index (χ1) is 9.81. The van der Waals surface area contributed by atoms with Gasteiger partial charge in [0.05, 0.1) is 0 Å². The predicted octanol–water partition coefficient (Wildman–Crippen LogP) is 3.40. The lowest BCUT2D eigenvalue weighted by atomic mass is 9.64. The molecule has 20 heavy (non-hydrogen) atoms. The lowest BCUT2D eigenvalue weighted by molar-refractivity contribution is 0.143. The van der Waals surface area contributed by atoms with Crippen LogP contribution in [0.1, 0.15) is 69.3 Å². The van der Waals surface area contributed by atoms with E-state index in [1.54, 1.807) is 0 Å². The summed E-state index contributed by atoms with van der Waals surface area (Å²) >= 11 is 0. The third-order valence-corrected chi connectivity index (χ3v) is 5.06. The molecule has 3 N–H and O–H groups in total. The van der Waals surface area contributed by atoms with E-state index in [4.69, 9.17) is 15.8 Å². The number of rotatable bonds is 6. The van der Waals surface area contributed by atoms with Crippen LogP contribution in [0.5, 0.6) is 0 Å². The summed E-state index contributed by atoms with van der Waals surface area (Å²) in [4.78, 5) is 9.56. The summed E-state index contributed by atoms with van der Waals surface area (Å²) in [6.07, 6.45) is 10.3. The number of nitrogen functional groups attached to an aromatic ring is 1. The molecule has 1 aromatic rings. The maximum absolute atomic E-state index is 5.59.